The second kappa shape index (κ2) is 7.16. The zero-order chi connectivity index (χ0) is 16.1. The largest absolute Gasteiger partial charge is 0.459 e. The standard InChI is InChI=1S/C15H14ClN3O3/c1-9(8-21-2)22-15(20)10(7-17)13-14(16)19-12-6-4-3-5-11(12)18-13/h3-6,9-10H,8H2,1-2H3/t9-,10-/m0/s1. The van der Waals surface area contributed by atoms with Gasteiger partial charge in [-0.2, -0.15) is 5.26 Å². The third-order valence-electron chi connectivity index (χ3n) is 2.91. The van der Waals surface area contributed by atoms with Gasteiger partial charge in [0.15, 0.2) is 11.1 Å². The van der Waals surface area contributed by atoms with Crippen LogP contribution in [-0.4, -0.2) is 35.8 Å². The first kappa shape index (κ1) is 16.1. The summed E-state index contributed by atoms with van der Waals surface area (Å²) in [6.07, 6.45) is -0.472. The summed E-state index contributed by atoms with van der Waals surface area (Å²) in [7, 11) is 1.50. The molecule has 2 atom stereocenters. The highest BCUT2D eigenvalue weighted by Crippen LogP contribution is 2.25. The minimum absolute atomic E-state index is 0.0154. The van der Waals surface area contributed by atoms with Crippen LogP contribution in [0.3, 0.4) is 0 Å². The molecule has 0 aliphatic rings. The molecule has 1 aromatic heterocycles. The van der Waals surface area contributed by atoms with E-state index in [1.807, 2.05) is 6.07 Å². The maximum Gasteiger partial charge on any atom is 0.330 e. The van der Waals surface area contributed by atoms with Crippen LogP contribution >= 0.6 is 11.6 Å². The molecule has 2 rings (SSSR count). The Morgan fingerprint density at radius 2 is 2.00 bits per heavy atom. The molecule has 114 valence electrons. The molecule has 0 amide bonds. The molecule has 0 unspecified atom stereocenters. The van der Waals surface area contributed by atoms with Crippen LogP contribution in [0.15, 0.2) is 24.3 Å². The van der Waals surface area contributed by atoms with E-state index in [1.54, 1.807) is 31.2 Å². The fourth-order valence-electron chi connectivity index (χ4n) is 1.94. The first-order chi connectivity index (χ1) is 10.6. The molecule has 6 nitrogen and oxygen atoms in total. The maximum atomic E-state index is 12.1. The Labute approximate surface area is 132 Å². The molecule has 22 heavy (non-hydrogen) atoms. The second-order valence-corrected chi connectivity index (χ2v) is 5.01. The van der Waals surface area contributed by atoms with Gasteiger partial charge in [0.2, 0.25) is 0 Å². The van der Waals surface area contributed by atoms with Gasteiger partial charge in [0.1, 0.15) is 11.8 Å². The molecule has 0 fully saturated rings. The average molecular weight is 320 g/mol. The highest BCUT2D eigenvalue weighted by atomic mass is 35.5. The molecule has 0 N–H and O–H groups in total. The summed E-state index contributed by atoms with van der Waals surface area (Å²) < 4.78 is 10.0. The minimum Gasteiger partial charge on any atom is -0.459 e. The summed E-state index contributed by atoms with van der Waals surface area (Å²) in [5.74, 6) is -1.96. The van der Waals surface area contributed by atoms with E-state index in [1.165, 1.54) is 7.11 Å². The van der Waals surface area contributed by atoms with E-state index in [2.05, 4.69) is 9.97 Å². The van der Waals surface area contributed by atoms with E-state index in [-0.39, 0.29) is 17.5 Å². The molecule has 0 saturated heterocycles. The van der Waals surface area contributed by atoms with E-state index < -0.39 is 18.0 Å². The van der Waals surface area contributed by atoms with Crippen LogP contribution in [-0.2, 0) is 14.3 Å². The van der Waals surface area contributed by atoms with Crippen molar-refractivity contribution < 1.29 is 14.3 Å². The highest BCUT2D eigenvalue weighted by molar-refractivity contribution is 6.30. The predicted octanol–water partition coefficient (Wildman–Crippen LogP) is 2.47. The van der Waals surface area contributed by atoms with Crippen molar-refractivity contribution in [3.05, 3.63) is 35.1 Å². The summed E-state index contributed by atoms with van der Waals surface area (Å²) in [4.78, 5) is 20.6. The molecule has 0 bridgehead atoms. The van der Waals surface area contributed by atoms with Crippen LogP contribution in [0, 0.1) is 11.3 Å². The zero-order valence-electron chi connectivity index (χ0n) is 12.1. The lowest BCUT2D eigenvalue weighted by Gasteiger charge is -2.15. The average Bonchev–Trinajstić information content (AvgIpc) is 2.48. The van der Waals surface area contributed by atoms with Gasteiger partial charge in [-0.1, -0.05) is 23.7 Å². The lowest BCUT2D eigenvalue weighted by molar-refractivity contribution is -0.150. The number of para-hydroxylation sites is 2. The van der Waals surface area contributed by atoms with E-state index in [9.17, 15) is 10.1 Å². The number of ether oxygens (including phenoxy) is 2. The highest BCUT2D eigenvalue weighted by Gasteiger charge is 2.28. The smallest absolute Gasteiger partial charge is 0.330 e. The number of fused-ring (bicyclic) bond motifs is 1. The van der Waals surface area contributed by atoms with Gasteiger partial charge in [0.25, 0.3) is 0 Å². The SMILES string of the molecule is COC[C@H](C)OC(=O)[C@@H](C#N)c1nc2ccccc2nc1Cl. The van der Waals surface area contributed by atoms with Crippen LogP contribution in [0.5, 0.6) is 0 Å². The number of aromatic nitrogens is 2. The Morgan fingerprint density at radius 3 is 2.59 bits per heavy atom. The number of nitrogens with zero attached hydrogens (tertiary/aromatic N) is 3. The Kier molecular flexibility index (Phi) is 5.26. The van der Waals surface area contributed by atoms with Gasteiger partial charge in [0.05, 0.1) is 23.7 Å². The summed E-state index contributed by atoms with van der Waals surface area (Å²) in [6, 6.07) is 8.94. The number of hydrogen-bond acceptors (Lipinski definition) is 6. The second-order valence-electron chi connectivity index (χ2n) is 4.65. The number of carbonyl (C=O) groups excluding carboxylic acids is 1. The number of benzene rings is 1. The third-order valence-corrected chi connectivity index (χ3v) is 3.19. The van der Waals surface area contributed by atoms with Crippen LogP contribution in [0.25, 0.3) is 11.0 Å². The molecule has 1 heterocycles. The van der Waals surface area contributed by atoms with Crippen molar-refractivity contribution in [1.29, 1.82) is 5.26 Å². The molecule has 0 aliphatic heterocycles. The summed E-state index contributed by atoms with van der Waals surface area (Å²) >= 11 is 6.06. The van der Waals surface area contributed by atoms with Gasteiger partial charge in [0, 0.05) is 7.11 Å². The van der Waals surface area contributed by atoms with Crippen LogP contribution in [0.1, 0.15) is 18.5 Å². The molecule has 0 spiro atoms. The summed E-state index contributed by atoms with van der Waals surface area (Å²) in [5, 5.41) is 9.30. The van der Waals surface area contributed by atoms with Crippen molar-refractivity contribution in [3.63, 3.8) is 0 Å². The summed E-state index contributed by atoms with van der Waals surface area (Å²) in [5.41, 5.74) is 1.24. The van der Waals surface area contributed by atoms with Crippen molar-refractivity contribution in [1.82, 2.24) is 9.97 Å². The van der Waals surface area contributed by atoms with Crippen LogP contribution < -0.4 is 0 Å². The quantitative estimate of drug-likeness (QED) is 0.787. The van der Waals surface area contributed by atoms with Crippen molar-refractivity contribution in [2.24, 2.45) is 0 Å². The molecule has 0 aliphatic carbocycles. The molecular weight excluding hydrogens is 306 g/mol. The van der Waals surface area contributed by atoms with Gasteiger partial charge in [-0.3, -0.25) is 4.79 Å². The topological polar surface area (TPSA) is 85.1 Å². The van der Waals surface area contributed by atoms with Crippen molar-refractivity contribution >= 4 is 28.6 Å². The first-order valence-corrected chi connectivity index (χ1v) is 6.95. The number of esters is 1. The van der Waals surface area contributed by atoms with E-state index in [0.29, 0.717) is 11.0 Å². The molecule has 0 saturated carbocycles. The Hall–Kier alpha value is -2.23. The Bertz CT molecular complexity index is 730. The maximum absolute atomic E-state index is 12.1. The minimum atomic E-state index is -1.23. The zero-order valence-corrected chi connectivity index (χ0v) is 12.9. The van der Waals surface area contributed by atoms with Gasteiger partial charge >= 0.3 is 5.97 Å². The van der Waals surface area contributed by atoms with Gasteiger partial charge in [-0.25, -0.2) is 9.97 Å². The lowest BCUT2D eigenvalue weighted by Crippen LogP contribution is -2.24. The van der Waals surface area contributed by atoms with E-state index in [0.717, 1.165) is 0 Å². The Morgan fingerprint density at radius 1 is 1.36 bits per heavy atom. The van der Waals surface area contributed by atoms with Crippen LogP contribution in [0.2, 0.25) is 5.15 Å². The number of halogens is 1. The monoisotopic (exact) mass is 319 g/mol. The van der Waals surface area contributed by atoms with Gasteiger partial charge in [-0.05, 0) is 19.1 Å². The lowest BCUT2D eigenvalue weighted by atomic mass is 10.1. The molecule has 2 aromatic rings. The van der Waals surface area contributed by atoms with Crippen molar-refractivity contribution in [3.8, 4) is 6.07 Å². The fraction of sp³-hybridized carbons (Fsp3) is 0.333. The van der Waals surface area contributed by atoms with Crippen molar-refractivity contribution in [2.45, 2.75) is 18.9 Å². The molecule has 7 heteroatoms. The normalized spacial score (nSPS) is 13.4. The van der Waals surface area contributed by atoms with Gasteiger partial charge < -0.3 is 9.47 Å². The molecular formula is C15H14ClN3O3. The fourth-order valence-corrected chi connectivity index (χ4v) is 2.18. The number of methoxy groups -OCH3 is 1. The number of hydrogen-bond donors (Lipinski definition) is 0. The van der Waals surface area contributed by atoms with E-state index >= 15 is 0 Å². The van der Waals surface area contributed by atoms with Crippen molar-refractivity contribution in [2.75, 3.05) is 13.7 Å². The predicted molar refractivity (Wildman–Crippen MR) is 80.3 cm³/mol. The molecule has 0 radical (unpaired) electrons. The van der Waals surface area contributed by atoms with E-state index in [4.69, 9.17) is 21.1 Å². The van der Waals surface area contributed by atoms with Gasteiger partial charge in [-0.15, -0.1) is 0 Å². The third kappa shape index (κ3) is 3.50. The number of nitriles is 1. The molecule has 1 aromatic carbocycles. The van der Waals surface area contributed by atoms with Crippen LogP contribution in [0.4, 0.5) is 0 Å². The number of carbonyl (C=O) groups is 1. The first-order valence-electron chi connectivity index (χ1n) is 6.58. The number of rotatable bonds is 5. The Balaban J connectivity index is 2.33. The summed E-state index contributed by atoms with van der Waals surface area (Å²) in [6.45, 7) is 1.91.